The maximum atomic E-state index is 8.89. The van der Waals surface area contributed by atoms with Gasteiger partial charge in [-0.05, 0) is 38.5 Å². The van der Waals surface area contributed by atoms with Gasteiger partial charge in [0, 0.05) is 39.3 Å². The molecule has 3 saturated heterocycles. The highest BCUT2D eigenvalue weighted by Crippen LogP contribution is 2.07. The monoisotopic (exact) mass is 335 g/mol. The van der Waals surface area contributed by atoms with Crippen molar-refractivity contribution in [1.29, 1.82) is 0 Å². The predicted molar refractivity (Wildman–Crippen MR) is 84.4 cm³/mol. The minimum atomic E-state index is -0.311. The van der Waals surface area contributed by atoms with Crippen molar-refractivity contribution in [3.8, 4) is 0 Å². The molecular formula is C15H33N3O5. The highest BCUT2D eigenvalue weighted by molar-refractivity contribution is 4.65. The van der Waals surface area contributed by atoms with Gasteiger partial charge < -0.3 is 25.8 Å². The first-order valence-corrected chi connectivity index (χ1v) is 8.65. The Balaban J connectivity index is 0.000000173. The first kappa shape index (κ1) is 20.7. The van der Waals surface area contributed by atoms with Crippen LogP contribution < -0.4 is 0 Å². The van der Waals surface area contributed by atoms with E-state index in [1.807, 2.05) is 0 Å². The summed E-state index contributed by atoms with van der Waals surface area (Å²) in [5.74, 6) is 0. The minimum absolute atomic E-state index is 0.182. The van der Waals surface area contributed by atoms with Crippen molar-refractivity contribution in [2.24, 2.45) is 0 Å². The van der Waals surface area contributed by atoms with Crippen LogP contribution >= 0.6 is 0 Å². The number of hydrogen-bond acceptors (Lipinski definition) is 8. The van der Waals surface area contributed by atoms with Crippen LogP contribution in [0.2, 0.25) is 0 Å². The lowest BCUT2D eigenvalue weighted by Crippen LogP contribution is -2.35. The van der Waals surface area contributed by atoms with Crippen molar-refractivity contribution in [1.82, 2.24) is 15.2 Å². The summed E-state index contributed by atoms with van der Waals surface area (Å²) in [4.78, 5) is 0. The predicted octanol–water partition coefficient (Wildman–Crippen LogP) is 0.526. The molecule has 0 aromatic heterocycles. The minimum Gasteiger partial charge on any atom is -0.393 e. The summed E-state index contributed by atoms with van der Waals surface area (Å²) < 4.78 is 0. The number of β-amino-alcohol motifs (C(OH)–C–C–N with tert-alkyl or cyclic N) is 1. The second kappa shape index (κ2) is 12.1. The normalized spacial score (nSPS) is 28.3. The largest absolute Gasteiger partial charge is 0.393 e. The summed E-state index contributed by atoms with van der Waals surface area (Å²) in [5, 5.41) is 47.8. The van der Waals surface area contributed by atoms with Crippen LogP contribution in [0.15, 0.2) is 0 Å². The van der Waals surface area contributed by atoms with Crippen LogP contribution in [0.5, 0.6) is 0 Å². The van der Waals surface area contributed by atoms with Crippen molar-refractivity contribution >= 4 is 0 Å². The van der Waals surface area contributed by atoms with Crippen molar-refractivity contribution < 1.29 is 25.8 Å². The zero-order valence-electron chi connectivity index (χ0n) is 13.9. The quantitative estimate of drug-likeness (QED) is 0.436. The van der Waals surface area contributed by atoms with E-state index in [-0.39, 0.29) is 12.2 Å². The standard InChI is InChI=1S/2C5H11NO2.C5H11NO/c7-5-1-3-6(8)4-2-5;7-5-2-1-3-6(8)4-5;7-6-4-2-1-3-5-6/h2*5,7-8H,1-4H2;7H,1-5H2. The van der Waals surface area contributed by atoms with Crippen LogP contribution in [0.1, 0.15) is 44.9 Å². The second-order valence-corrected chi connectivity index (χ2v) is 6.41. The third-order valence-electron chi connectivity index (χ3n) is 4.15. The van der Waals surface area contributed by atoms with E-state index in [1.54, 1.807) is 0 Å². The number of piperidine rings is 3. The molecule has 0 aromatic carbocycles. The van der Waals surface area contributed by atoms with Gasteiger partial charge in [0.1, 0.15) is 0 Å². The summed E-state index contributed by atoms with van der Waals surface area (Å²) in [6.45, 7) is 4.10. The average Bonchev–Trinajstić information content (AvgIpc) is 2.52. The first-order valence-electron chi connectivity index (χ1n) is 8.65. The van der Waals surface area contributed by atoms with Gasteiger partial charge in [0.15, 0.2) is 0 Å². The lowest BCUT2D eigenvalue weighted by Gasteiger charge is -2.23. The summed E-state index contributed by atoms with van der Waals surface area (Å²) in [5.41, 5.74) is 0. The fraction of sp³-hybridized carbons (Fsp3) is 1.00. The summed E-state index contributed by atoms with van der Waals surface area (Å²) in [6, 6.07) is 0. The Morgan fingerprint density at radius 1 is 0.522 bits per heavy atom. The van der Waals surface area contributed by atoms with Gasteiger partial charge in [0.05, 0.1) is 12.2 Å². The van der Waals surface area contributed by atoms with Gasteiger partial charge in [0.2, 0.25) is 0 Å². The molecule has 0 radical (unpaired) electrons. The molecule has 0 saturated carbocycles. The van der Waals surface area contributed by atoms with Crippen molar-refractivity contribution in [3.63, 3.8) is 0 Å². The third-order valence-corrected chi connectivity index (χ3v) is 4.15. The average molecular weight is 335 g/mol. The summed E-state index contributed by atoms with van der Waals surface area (Å²) >= 11 is 0. The second-order valence-electron chi connectivity index (χ2n) is 6.41. The topological polar surface area (TPSA) is 111 Å². The molecule has 3 fully saturated rings. The molecule has 5 N–H and O–H groups in total. The summed E-state index contributed by atoms with van der Waals surface area (Å²) in [6.07, 6.45) is 6.26. The lowest BCUT2D eigenvalue weighted by atomic mass is 10.1. The zero-order valence-corrected chi connectivity index (χ0v) is 13.9. The number of hydrogen-bond donors (Lipinski definition) is 5. The number of aliphatic hydroxyl groups is 2. The molecule has 3 aliphatic rings. The van der Waals surface area contributed by atoms with Gasteiger partial charge in [-0.3, -0.25) is 0 Å². The van der Waals surface area contributed by atoms with Crippen molar-refractivity contribution in [2.45, 2.75) is 57.2 Å². The van der Waals surface area contributed by atoms with Crippen LogP contribution in [0.25, 0.3) is 0 Å². The lowest BCUT2D eigenvalue weighted by molar-refractivity contribution is -0.131. The Kier molecular flexibility index (Phi) is 10.9. The highest BCUT2D eigenvalue weighted by atomic mass is 16.5. The van der Waals surface area contributed by atoms with E-state index in [0.29, 0.717) is 39.0 Å². The molecule has 138 valence electrons. The van der Waals surface area contributed by atoms with Gasteiger partial charge >= 0.3 is 0 Å². The smallest absolute Gasteiger partial charge is 0.0690 e. The molecule has 23 heavy (non-hydrogen) atoms. The molecule has 1 atom stereocenters. The maximum absolute atomic E-state index is 8.89. The molecule has 0 spiro atoms. The number of rotatable bonds is 0. The molecule has 3 aliphatic heterocycles. The Labute approximate surface area is 138 Å². The van der Waals surface area contributed by atoms with E-state index in [1.165, 1.54) is 16.5 Å². The Hall–Kier alpha value is -0.320. The first-order chi connectivity index (χ1) is 11.0. The van der Waals surface area contributed by atoms with Gasteiger partial charge in [-0.2, -0.15) is 15.2 Å². The van der Waals surface area contributed by atoms with Crippen LogP contribution in [0.4, 0.5) is 0 Å². The van der Waals surface area contributed by atoms with Crippen LogP contribution in [-0.2, 0) is 0 Å². The van der Waals surface area contributed by atoms with Crippen molar-refractivity contribution in [3.05, 3.63) is 0 Å². The Bertz CT molecular complexity index is 266. The van der Waals surface area contributed by atoms with Crippen molar-refractivity contribution in [2.75, 3.05) is 39.3 Å². The van der Waals surface area contributed by atoms with E-state index in [2.05, 4.69) is 0 Å². The number of hydroxylamine groups is 6. The van der Waals surface area contributed by atoms with E-state index in [0.717, 1.165) is 43.8 Å². The maximum Gasteiger partial charge on any atom is 0.0690 e. The molecule has 0 aliphatic carbocycles. The zero-order chi connectivity index (χ0) is 17.1. The highest BCUT2D eigenvalue weighted by Gasteiger charge is 2.14. The molecule has 0 bridgehead atoms. The molecule has 8 nitrogen and oxygen atoms in total. The van der Waals surface area contributed by atoms with E-state index < -0.39 is 0 Å². The molecule has 0 aromatic rings. The summed E-state index contributed by atoms with van der Waals surface area (Å²) in [7, 11) is 0. The third kappa shape index (κ3) is 11.0. The number of aliphatic hydroxyl groups excluding tert-OH is 2. The van der Waals surface area contributed by atoms with E-state index in [9.17, 15) is 0 Å². The Morgan fingerprint density at radius 2 is 1.04 bits per heavy atom. The van der Waals surface area contributed by atoms with Gasteiger partial charge in [-0.1, -0.05) is 6.42 Å². The van der Waals surface area contributed by atoms with Gasteiger partial charge in [-0.25, -0.2) is 0 Å². The van der Waals surface area contributed by atoms with Crippen LogP contribution in [-0.4, -0.2) is 92.5 Å². The molecule has 3 rings (SSSR count). The molecule has 0 amide bonds. The van der Waals surface area contributed by atoms with E-state index in [4.69, 9.17) is 25.8 Å². The van der Waals surface area contributed by atoms with Crippen LogP contribution in [0.3, 0.4) is 0 Å². The van der Waals surface area contributed by atoms with Crippen LogP contribution in [0, 0.1) is 0 Å². The molecule has 3 heterocycles. The molecule has 1 unspecified atom stereocenters. The Morgan fingerprint density at radius 3 is 1.39 bits per heavy atom. The SMILES string of the molecule is OC1CCCN(O)C1.OC1CCN(O)CC1.ON1CCCCC1. The van der Waals surface area contributed by atoms with E-state index >= 15 is 0 Å². The molecular weight excluding hydrogens is 302 g/mol. The fourth-order valence-electron chi connectivity index (χ4n) is 2.66. The fourth-order valence-corrected chi connectivity index (χ4v) is 2.66. The molecule has 8 heteroatoms. The number of nitrogens with zero attached hydrogens (tertiary/aromatic N) is 3. The van der Waals surface area contributed by atoms with Gasteiger partial charge in [0.25, 0.3) is 0 Å². The van der Waals surface area contributed by atoms with Gasteiger partial charge in [-0.15, -0.1) is 0 Å².